The number of benzene rings is 3. The van der Waals surface area contributed by atoms with Gasteiger partial charge in [0.05, 0.1) is 12.1 Å². The molecule has 0 aliphatic carbocycles. The Labute approximate surface area is 278 Å². The molecule has 2 aliphatic rings. The lowest BCUT2D eigenvalue weighted by atomic mass is 10.0. The highest BCUT2D eigenvalue weighted by Crippen LogP contribution is 2.31. The Balaban J connectivity index is 1.06. The van der Waals surface area contributed by atoms with Crippen LogP contribution < -0.4 is 10.6 Å². The molecular formula is C37H37N5O4S. The first kappa shape index (κ1) is 31.9. The van der Waals surface area contributed by atoms with Crippen LogP contribution in [0.2, 0.25) is 0 Å². The maximum Gasteiger partial charge on any atom is 0.251 e. The van der Waals surface area contributed by atoms with Crippen LogP contribution in [-0.4, -0.2) is 63.6 Å². The maximum atomic E-state index is 13.3. The Hall–Kier alpha value is -5.09. The van der Waals surface area contributed by atoms with Crippen LogP contribution in [0, 0.1) is 0 Å². The Morgan fingerprint density at radius 3 is 2.17 bits per heavy atom. The molecule has 0 bridgehead atoms. The van der Waals surface area contributed by atoms with E-state index < -0.39 is 12.1 Å². The zero-order chi connectivity index (χ0) is 32.9. The van der Waals surface area contributed by atoms with Crippen molar-refractivity contribution in [3.63, 3.8) is 0 Å². The molecule has 0 saturated carbocycles. The van der Waals surface area contributed by atoms with Gasteiger partial charge in [-0.1, -0.05) is 48.5 Å². The van der Waals surface area contributed by atoms with Gasteiger partial charge in [0, 0.05) is 47.9 Å². The molecule has 47 heavy (non-hydrogen) atoms. The number of anilines is 2. The third-order valence-corrected chi connectivity index (χ3v) is 9.57. The third kappa shape index (κ3) is 7.33. The van der Waals surface area contributed by atoms with Gasteiger partial charge in [0.25, 0.3) is 5.91 Å². The van der Waals surface area contributed by atoms with Crippen molar-refractivity contribution in [2.24, 2.45) is 0 Å². The van der Waals surface area contributed by atoms with Crippen molar-refractivity contribution in [1.29, 1.82) is 0 Å². The number of amides is 4. The van der Waals surface area contributed by atoms with Crippen molar-refractivity contribution < 1.29 is 19.2 Å². The molecule has 2 aliphatic heterocycles. The van der Waals surface area contributed by atoms with Crippen molar-refractivity contribution in [2.45, 2.75) is 51.6 Å². The number of carbonyl (C=O) groups excluding carboxylic acids is 4. The molecule has 6 rings (SSSR count). The van der Waals surface area contributed by atoms with E-state index in [2.05, 4.69) is 10.6 Å². The maximum absolute atomic E-state index is 13.3. The summed E-state index contributed by atoms with van der Waals surface area (Å²) in [5.74, 6) is -0.558. The van der Waals surface area contributed by atoms with E-state index in [1.807, 2.05) is 97.2 Å². The van der Waals surface area contributed by atoms with Gasteiger partial charge in [-0.05, 0) is 73.7 Å². The fourth-order valence-electron chi connectivity index (χ4n) is 6.15. The number of piperidine rings is 1. The summed E-state index contributed by atoms with van der Waals surface area (Å²) in [5, 5.41) is 8.77. The minimum atomic E-state index is -0.644. The first-order chi connectivity index (χ1) is 22.8. The predicted octanol–water partition coefficient (Wildman–Crippen LogP) is 6.15. The third-order valence-electron chi connectivity index (χ3n) is 8.68. The summed E-state index contributed by atoms with van der Waals surface area (Å²) >= 11 is 1.52. The zero-order valence-corrected chi connectivity index (χ0v) is 27.3. The molecule has 0 spiro atoms. The first-order valence-corrected chi connectivity index (χ1v) is 16.7. The summed E-state index contributed by atoms with van der Waals surface area (Å²) in [6.07, 6.45) is 4.70. The molecule has 4 amide bonds. The number of likely N-dealkylation sites (tertiary alicyclic amines) is 1. The van der Waals surface area contributed by atoms with E-state index >= 15 is 0 Å². The molecule has 9 nitrogen and oxygen atoms in total. The second-order valence-electron chi connectivity index (χ2n) is 12.0. The van der Waals surface area contributed by atoms with Crippen molar-refractivity contribution in [3.05, 3.63) is 101 Å². The Bertz CT molecular complexity index is 1800. The number of nitrogens with zero attached hydrogens (tertiary/aromatic N) is 3. The molecule has 2 atom stereocenters. The summed E-state index contributed by atoms with van der Waals surface area (Å²) in [4.78, 5) is 59.4. The minimum absolute atomic E-state index is 0.0741. The van der Waals surface area contributed by atoms with Gasteiger partial charge >= 0.3 is 0 Å². The van der Waals surface area contributed by atoms with Gasteiger partial charge in [-0.3, -0.25) is 19.2 Å². The van der Waals surface area contributed by atoms with Crippen molar-refractivity contribution >= 4 is 46.3 Å². The quantitative estimate of drug-likeness (QED) is 0.223. The number of rotatable bonds is 8. The van der Waals surface area contributed by atoms with Gasteiger partial charge in [-0.25, -0.2) is 4.98 Å². The smallest absolute Gasteiger partial charge is 0.251 e. The lowest BCUT2D eigenvalue weighted by Gasteiger charge is -2.33. The standard InChI is InChI=1S/C37H37N5O4S/c1-24-19-21-42(33(44)22-26-8-4-3-5-9-26)34(24)36(46)39-30-15-11-27(12-16-30)31-23-47-37(40-31)28-13-17-29(18-14-28)38-35(45)32-10-6-7-20-41(32)25(2)43/h3-5,8-9,11-19,23,32,34H,6-7,10,20-22H2,1-2H3,(H,38,45)(H,39,46)/t32-,34-/m0/s1. The van der Waals surface area contributed by atoms with E-state index in [0.29, 0.717) is 30.9 Å². The van der Waals surface area contributed by atoms with Gasteiger partial charge in [-0.15, -0.1) is 11.3 Å². The van der Waals surface area contributed by atoms with Gasteiger partial charge in [-0.2, -0.15) is 0 Å². The van der Waals surface area contributed by atoms with Gasteiger partial charge < -0.3 is 20.4 Å². The molecule has 240 valence electrons. The van der Waals surface area contributed by atoms with Gasteiger partial charge in [0.15, 0.2) is 0 Å². The van der Waals surface area contributed by atoms with Crippen LogP contribution in [0.25, 0.3) is 21.8 Å². The molecule has 3 aromatic carbocycles. The Morgan fingerprint density at radius 1 is 0.830 bits per heavy atom. The van der Waals surface area contributed by atoms with E-state index in [0.717, 1.165) is 45.8 Å². The summed E-state index contributed by atoms with van der Waals surface area (Å²) in [7, 11) is 0. The fraction of sp³-hybridized carbons (Fsp3) is 0.270. The number of hydrogen-bond acceptors (Lipinski definition) is 6. The van der Waals surface area contributed by atoms with Crippen LogP contribution in [0.4, 0.5) is 11.4 Å². The summed E-state index contributed by atoms with van der Waals surface area (Å²) in [6, 6.07) is 23.5. The van der Waals surface area contributed by atoms with Crippen LogP contribution in [0.3, 0.4) is 0 Å². The average Bonchev–Trinajstić information content (AvgIpc) is 3.73. The van der Waals surface area contributed by atoms with Gasteiger partial charge in [0.1, 0.15) is 17.1 Å². The molecule has 2 N–H and O–H groups in total. The van der Waals surface area contributed by atoms with Gasteiger partial charge in [0.2, 0.25) is 17.7 Å². The predicted molar refractivity (Wildman–Crippen MR) is 185 cm³/mol. The average molecular weight is 648 g/mol. The van der Waals surface area contributed by atoms with Crippen LogP contribution in [0.15, 0.2) is 95.9 Å². The zero-order valence-electron chi connectivity index (χ0n) is 26.4. The summed E-state index contributed by atoms with van der Waals surface area (Å²) in [6.45, 7) is 4.42. The second kappa shape index (κ2) is 14.1. The monoisotopic (exact) mass is 647 g/mol. The van der Waals surface area contributed by atoms with E-state index in [9.17, 15) is 19.2 Å². The second-order valence-corrected chi connectivity index (χ2v) is 12.8. The van der Waals surface area contributed by atoms with Crippen molar-refractivity contribution in [3.8, 4) is 21.8 Å². The molecule has 1 fully saturated rings. The lowest BCUT2D eigenvalue weighted by molar-refractivity contribution is -0.138. The highest BCUT2D eigenvalue weighted by atomic mass is 32.1. The number of hydrogen-bond donors (Lipinski definition) is 2. The first-order valence-electron chi connectivity index (χ1n) is 15.8. The normalized spacial score (nSPS) is 17.6. The largest absolute Gasteiger partial charge is 0.331 e. The molecule has 3 heterocycles. The van der Waals surface area contributed by atoms with Crippen molar-refractivity contribution in [1.82, 2.24) is 14.8 Å². The number of thiazole rings is 1. The molecule has 1 aromatic heterocycles. The lowest BCUT2D eigenvalue weighted by Crippen LogP contribution is -2.49. The summed E-state index contributed by atoms with van der Waals surface area (Å²) < 4.78 is 0. The molecular weight excluding hydrogens is 611 g/mol. The number of aromatic nitrogens is 1. The van der Waals surface area contributed by atoms with Crippen LogP contribution in [0.5, 0.6) is 0 Å². The fourth-order valence-corrected chi connectivity index (χ4v) is 6.98. The number of carbonyl (C=O) groups is 4. The highest BCUT2D eigenvalue weighted by Gasteiger charge is 2.34. The molecule has 0 radical (unpaired) electrons. The molecule has 1 saturated heterocycles. The molecule has 4 aromatic rings. The SMILES string of the molecule is CC(=O)N1CCCC[C@H]1C(=O)Nc1ccc(-c2nc(-c3ccc(NC(=O)[C@@H]4C(C)=CCN4C(=O)Cc4ccccc4)cc3)cs2)cc1. The molecule has 10 heteroatoms. The van der Waals surface area contributed by atoms with Crippen molar-refractivity contribution in [2.75, 3.05) is 23.7 Å². The van der Waals surface area contributed by atoms with Crippen LogP contribution in [-0.2, 0) is 25.6 Å². The number of nitrogens with one attached hydrogen (secondary N) is 2. The van der Waals surface area contributed by atoms with E-state index in [1.54, 1.807) is 9.80 Å². The molecule has 0 unspecified atom stereocenters. The van der Waals surface area contributed by atoms with Crippen LogP contribution >= 0.6 is 11.3 Å². The van der Waals surface area contributed by atoms with E-state index in [1.165, 1.54) is 18.3 Å². The minimum Gasteiger partial charge on any atom is -0.331 e. The Kier molecular flexibility index (Phi) is 9.58. The Morgan fingerprint density at radius 2 is 1.49 bits per heavy atom. The summed E-state index contributed by atoms with van der Waals surface area (Å²) in [5.41, 5.74) is 5.74. The van der Waals surface area contributed by atoms with E-state index in [-0.39, 0.29) is 30.0 Å². The van der Waals surface area contributed by atoms with Crippen LogP contribution in [0.1, 0.15) is 38.7 Å². The topological polar surface area (TPSA) is 112 Å². The highest BCUT2D eigenvalue weighted by molar-refractivity contribution is 7.13. The van der Waals surface area contributed by atoms with E-state index in [4.69, 9.17) is 4.98 Å².